The third-order valence-electron chi connectivity index (χ3n) is 2.37. The van der Waals surface area contributed by atoms with E-state index < -0.39 is 21.7 Å². The van der Waals surface area contributed by atoms with Crippen molar-refractivity contribution in [1.29, 1.82) is 0 Å². The lowest BCUT2D eigenvalue weighted by Crippen LogP contribution is -2.33. The van der Waals surface area contributed by atoms with E-state index in [9.17, 15) is 13.2 Å². The summed E-state index contributed by atoms with van der Waals surface area (Å²) in [6, 6.07) is 0. The van der Waals surface area contributed by atoms with Gasteiger partial charge in [0.15, 0.2) is 5.69 Å². The number of carbonyl (C=O) groups is 1. The Morgan fingerprint density at radius 1 is 1.58 bits per heavy atom. The van der Waals surface area contributed by atoms with Crippen LogP contribution < -0.4 is 4.72 Å². The summed E-state index contributed by atoms with van der Waals surface area (Å²) < 4.78 is 31.6. The predicted octanol–water partition coefficient (Wildman–Crippen LogP) is 0.120. The summed E-state index contributed by atoms with van der Waals surface area (Å²) in [5.41, 5.74) is -0.344. The fourth-order valence-corrected chi connectivity index (χ4v) is 2.97. The maximum atomic E-state index is 12.1. The van der Waals surface area contributed by atoms with Gasteiger partial charge in [-0.3, -0.25) is 5.10 Å². The first-order chi connectivity index (χ1) is 8.79. The van der Waals surface area contributed by atoms with Crippen molar-refractivity contribution in [2.45, 2.75) is 31.8 Å². The molecule has 1 rings (SSSR count). The number of carboxylic acid groups (broad SMARTS) is 1. The van der Waals surface area contributed by atoms with Gasteiger partial charge in [-0.05, 0) is 20.8 Å². The number of carboxylic acids is 1. The smallest absolute Gasteiger partial charge is 0.357 e. The van der Waals surface area contributed by atoms with E-state index in [-0.39, 0.29) is 23.2 Å². The van der Waals surface area contributed by atoms with Crippen LogP contribution in [0.3, 0.4) is 0 Å². The Balaban J connectivity index is 2.95. The Hall–Kier alpha value is -1.45. The number of hydrogen-bond acceptors (Lipinski definition) is 5. The van der Waals surface area contributed by atoms with Gasteiger partial charge >= 0.3 is 5.97 Å². The van der Waals surface area contributed by atoms with E-state index in [2.05, 4.69) is 14.9 Å². The molecular weight excluding hydrogens is 274 g/mol. The highest BCUT2D eigenvalue weighted by Crippen LogP contribution is 2.17. The summed E-state index contributed by atoms with van der Waals surface area (Å²) in [6.07, 6.45) is -0.305. The summed E-state index contributed by atoms with van der Waals surface area (Å²) in [5.74, 6) is -1.40. The fourth-order valence-electron chi connectivity index (χ4n) is 1.54. The van der Waals surface area contributed by atoms with Crippen molar-refractivity contribution in [3.05, 3.63) is 11.4 Å². The molecule has 0 amide bonds. The molecule has 0 aliphatic carbocycles. The van der Waals surface area contributed by atoms with Crippen LogP contribution in [0.4, 0.5) is 0 Å². The van der Waals surface area contributed by atoms with Gasteiger partial charge in [0.25, 0.3) is 0 Å². The van der Waals surface area contributed by atoms with Gasteiger partial charge in [0.05, 0.1) is 11.8 Å². The number of aromatic amines is 1. The van der Waals surface area contributed by atoms with Crippen LogP contribution >= 0.6 is 0 Å². The Morgan fingerprint density at radius 3 is 2.74 bits per heavy atom. The van der Waals surface area contributed by atoms with Crippen LogP contribution in [0.1, 0.15) is 30.0 Å². The molecule has 9 heteroatoms. The summed E-state index contributed by atoms with van der Waals surface area (Å²) in [5, 5.41) is 14.7. The van der Waals surface area contributed by atoms with Crippen molar-refractivity contribution in [3.8, 4) is 0 Å². The predicted molar refractivity (Wildman–Crippen MR) is 66.6 cm³/mol. The summed E-state index contributed by atoms with van der Waals surface area (Å²) in [4.78, 5) is 10.6. The van der Waals surface area contributed by atoms with Crippen LogP contribution in [0.5, 0.6) is 0 Å². The number of ether oxygens (including phenoxy) is 1. The first-order valence-corrected chi connectivity index (χ1v) is 7.17. The minimum absolute atomic E-state index is 0.0554. The zero-order valence-corrected chi connectivity index (χ0v) is 11.7. The standard InChI is InChI=1S/C10H17N3O5S/c1-4-18-6(2)5-11-19(16,17)9-7(3)12-13-8(9)10(14)15/h6,11H,4-5H2,1-3H3,(H,12,13)(H,14,15). The van der Waals surface area contributed by atoms with E-state index in [0.29, 0.717) is 6.61 Å². The van der Waals surface area contributed by atoms with Gasteiger partial charge in [0, 0.05) is 13.2 Å². The van der Waals surface area contributed by atoms with E-state index in [1.54, 1.807) is 13.8 Å². The van der Waals surface area contributed by atoms with E-state index in [1.165, 1.54) is 6.92 Å². The Labute approximate surface area is 111 Å². The number of aromatic carboxylic acids is 1. The molecule has 1 unspecified atom stereocenters. The summed E-state index contributed by atoms with van der Waals surface area (Å²) in [6.45, 7) is 5.48. The number of aromatic nitrogens is 2. The van der Waals surface area contributed by atoms with E-state index >= 15 is 0 Å². The highest BCUT2D eigenvalue weighted by molar-refractivity contribution is 7.89. The Morgan fingerprint density at radius 2 is 2.21 bits per heavy atom. The van der Waals surface area contributed by atoms with Crippen LogP contribution in [0.25, 0.3) is 0 Å². The number of nitrogens with zero attached hydrogens (tertiary/aromatic N) is 1. The lowest BCUT2D eigenvalue weighted by molar-refractivity contribution is 0.0686. The van der Waals surface area contributed by atoms with Gasteiger partial charge in [-0.1, -0.05) is 0 Å². The molecule has 19 heavy (non-hydrogen) atoms. The molecule has 0 aliphatic heterocycles. The van der Waals surface area contributed by atoms with Gasteiger partial charge in [-0.25, -0.2) is 17.9 Å². The maximum absolute atomic E-state index is 12.1. The number of sulfonamides is 1. The lowest BCUT2D eigenvalue weighted by Gasteiger charge is -2.12. The van der Waals surface area contributed by atoms with Crippen molar-refractivity contribution >= 4 is 16.0 Å². The second kappa shape index (κ2) is 6.13. The average molecular weight is 291 g/mol. The molecule has 0 fully saturated rings. The number of rotatable bonds is 7. The fraction of sp³-hybridized carbons (Fsp3) is 0.600. The van der Waals surface area contributed by atoms with E-state index in [1.807, 2.05) is 0 Å². The van der Waals surface area contributed by atoms with Crippen molar-refractivity contribution in [1.82, 2.24) is 14.9 Å². The molecule has 0 bridgehead atoms. The van der Waals surface area contributed by atoms with Crippen LogP contribution in [0, 0.1) is 6.92 Å². The third-order valence-corrected chi connectivity index (χ3v) is 3.96. The number of nitrogens with one attached hydrogen (secondary N) is 2. The van der Waals surface area contributed by atoms with Crippen LogP contribution in [0.2, 0.25) is 0 Å². The molecule has 1 atom stereocenters. The third kappa shape index (κ3) is 3.75. The molecule has 8 nitrogen and oxygen atoms in total. The van der Waals surface area contributed by atoms with Gasteiger partial charge < -0.3 is 9.84 Å². The van der Waals surface area contributed by atoms with Gasteiger partial charge in [0.2, 0.25) is 10.0 Å². The second-order valence-electron chi connectivity index (χ2n) is 3.95. The van der Waals surface area contributed by atoms with Crippen LogP contribution in [-0.2, 0) is 14.8 Å². The van der Waals surface area contributed by atoms with Crippen molar-refractivity contribution in [3.63, 3.8) is 0 Å². The number of H-pyrrole nitrogens is 1. The first kappa shape index (κ1) is 15.6. The van der Waals surface area contributed by atoms with Crippen molar-refractivity contribution < 1.29 is 23.1 Å². The molecule has 0 spiro atoms. The molecule has 0 aliphatic rings. The molecular formula is C10H17N3O5S. The topological polar surface area (TPSA) is 121 Å². The second-order valence-corrected chi connectivity index (χ2v) is 5.65. The average Bonchev–Trinajstić information content (AvgIpc) is 2.70. The van der Waals surface area contributed by atoms with Crippen LogP contribution in [0.15, 0.2) is 4.90 Å². The normalized spacial score (nSPS) is 13.4. The quantitative estimate of drug-likeness (QED) is 0.656. The highest BCUT2D eigenvalue weighted by Gasteiger charge is 2.28. The van der Waals surface area contributed by atoms with Gasteiger partial charge in [-0.15, -0.1) is 0 Å². The Kier molecular flexibility index (Phi) is 5.04. The van der Waals surface area contributed by atoms with Gasteiger partial charge in [0.1, 0.15) is 4.90 Å². The SMILES string of the molecule is CCOC(C)CNS(=O)(=O)c1c(C(=O)O)n[nH]c1C. The summed E-state index contributed by atoms with van der Waals surface area (Å²) >= 11 is 0. The minimum Gasteiger partial charge on any atom is -0.476 e. The maximum Gasteiger partial charge on any atom is 0.357 e. The highest BCUT2D eigenvalue weighted by atomic mass is 32.2. The molecule has 1 aromatic rings. The monoisotopic (exact) mass is 291 g/mol. The zero-order valence-electron chi connectivity index (χ0n) is 10.9. The number of hydrogen-bond donors (Lipinski definition) is 3. The largest absolute Gasteiger partial charge is 0.476 e. The minimum atomic E-state index is -3.94. The molecule has 3 N–H and O–H groups in total. The van der Waals surface area contributed by atoms with Crippen molar-refractivity contribution in [2.75, 3.05) is 13.2 Å². The molecule has 1 heterocycles. The van der Waals surface area contributed by atoms with Crippen LogP contribution in [-0.4, -0.2) is 48.9 Å². The molecule has 1 aromatic heterocycles. The van der Waals surface area contributed by atoms with E-state index in [0.717, 1.165) is 0 Å². The van der Waals surface area contributed by atoms with Crippen molar-refractivity contribution in [2.24, 2.45) is 0 Å². The number of aryl methyl sites for hydroxylation is 1. The molecule has 0 radical (unpaired) electrons. The molecule has 108 valence electrons. The Bertz CT molecular complexity index is 552. The molecule has 0 aromatic carbocycles. The first-order valence-electron chi connectivity index (χ1n) is 5.69. The molecule has 0 saturated carbocycles. The lowest BCUT2D eigenvalue weighted by atomic mass is 10.4. The summed E-state index contributed by atoms with van der Waals surface area (Å²) in [7, 11) is -3.94. The molecule has 0 saturated heterocycles. The van der Waals surface area contributed by atoms with Gasteiger partial charge in [-0.2, -0.15) is 5.10 Å². The zero-order chi connectivity index (χ0) is 14.6. The van der Waals surface area contributed by atoms with E-state index in [4.69, 9.17) is 9.84 Å².